The average Bonchev–Trinajstić information content (AvgIpc) is 2.82. The number of nitrogens with one attached hydrogen (secondary N) is 1. The van der Waals surface area contributed by atoms with Gasteiger partial charge in [-0.2, -0.15) is 0 Å². The van der Waals surface area contributed by atoms with E-state index in [1.165, 1.54) is 0 Å². The summed E-state index contributed by atoms with van der Waals surface area (Å²) in [6, 6.07) is 0.0620. The van der Waals surface area contributed by atoms with E-state index in [1.807, 2.05) is 24.6 Å². The van der Waals surface area contributed by atoms with Crippen molar-refractivity contribution in [1.29, 1.82) is 0 Å². The number of aryl methyl sites for hydroxylation is 1. The van der Waals surface area contributed by atoms with Gasteiger partial charge in [0.15, 0.2) is 9.84 Å². The third kappa shape index (κ3) is 4.84. The highest BCUT2D eigenvalue weighted by Crippen LogP contribution is 2.13. The van der Waals surface area contributed by atoms with Gasteiger partial charge in [-0.25, -0.2) is 13.4 Å². The van der Waals surface area contributed by atoms with Gasteiger partial charge in [0.25, 0.3) is 0 Å². The van der Waals surface area contributed by atoms with Crippen LogP contribution in [0.4, 0.5) is 0 Å². The molecule has 0 aliphatic carbocycles. The molecule has 1 amide bonds. The molecule has 0 spiro atoms. The minimum Gasteiger partial charge on any atom is -0.352 e. The summed E-state index contributed by atoms with van der Waals surface area (Å²) < 4.78 is 25.6. The van der Waals surface area contributed by atoms with E-state index in [9.17, 15) is 13.2 Å². The number of aromatic nitrogens is 2. The molecule has 0 radical (unpaired) electrons. The third-order valence-electron chi connectivity index (χ3n) is 3.53. The summed E-state index contributed by atoms with van der Waals surface area (Å²) in [4.78, 5) is 16.1. The molecular formula is C14H23N3O3S. The molecule has 1 aliphatic heterocycles. The highest BCUT2D eigenvalue weighted by atomic mass is 32.2. The zero-order valence-electron chi connectivity index (χ0n) is 12.6. The highest BCUT2D eigenvalue weighted by molar-refractivity contribution is 7.91. The minimum absolute atomic E-state index is 0.0440. The van der Waals surface area contributed by atoms with Gasteiger partial charge in [0.05, 0.1) is 11.5 Å². The molecule has 2 heterocycles. The molecule has 1 aromatic heterocycles. The second-order valence-electron chi connectivity index (χ2n) is 6.06. The number of carbonyl (C=O) groups excluding carboxylic acids is 1. The highest BCUT2D eigenvalue weighted by Gasteiger charge is 2.21. The molecule has 2 rings (SSSR count). The van der Waals surface area contributed by atoms with Crippen molar-refractivity contribution in [3.05, 3.63) is 18.2 Å². The molecule has 6 nitrogen and oxygen atoms in total. The van der Waals surface area contributed by atoms with Crippen molar-refractivity contribution >= 4 is 15.7 Å². The van der Waals surface area contributed by atoms with E-state index in [2.05, 4.69) is 10.3 Å². The quantitative estimate of drug-likeness (QED) is 0.841. The molecule has 0 aromatic carbocycles. The van der Waals surface area contributed by atoms with Crippen molar-refractivity contribution in [2.24, 2.45) is 5.92 Å². The topological polar surface area (TPSA) is 81.1 Å². The van der Waals surface area contributed by atoms with E-state index in [0.717, 1.165) is 18.7 Å². The summed E-state index contributed by atoms with van der Waals surface area (Å²) in [6.45, 7) is 4.44. The molecule has 1 aromatic rings. The summed E-state index contributed by atoms with van der Waals surface area (Å²) in [6.07, 6.45) is 5.40. The van der Waals surface area contributed by atoms with Crippen LogP contribution in [-0.4, -0.2) is 41.4 Å². The van der Waals surface area contributed by atoms with Gasteiger partial charge >= 0.3 is 0 Å². The van der Waals surface area contributed by atoms with Gasteiger partial charge in [0.2, 0.25) is 5.91 Å². The Bertz CT molecular complexity index is 592. The number of hydrogen-bond acceptors (Lipinski definition) is 4. The van der Waals surface area contributed by atoms with E-state index in [0.29, 0.717) is 6.54 Å². The van der Waals surface area contributed by atoms with Gasteiger partial charge in [-0.3, -0.25) is 4.79 Å². The van der Waals surface area contributed by atoms with Crippen molar-refractivity contribution in [2.45, 2.75) is 45.7 Å². The van der Waals surface area contributed by atoms with Crippen molar-refractivity contribution in [3.63, 3.8) is 0 Å². The zero-order chi connectivity index (χ0) is 15.5. The van der Waals surface area contributed by atoms with Gasteiger partial charge in [-0.05, 0) is 12.3 Å². The average molecular weight is 313 g/mol. The first-order chi connectivity index (χ1) is 9.85. The van der Waals surface area contributed by atoms with Crippen LogP contribution in [0.1, 0.15) is 32.5 Å². The predicted molar refractivity (Wildman–Crippen MR) is 80.6 cm³/mol. The van der Waals surface area contributed by atoms with Crippen LogP contribution in [-0.2, 0) is 27.6 Å². The van der Waals surface area contributed by atoms with Crippen LogP contribution in [0.3, 0.4) is 0 Å². The number of carbonyl (C=O) groups is 1. The number of fused-ring (bicyclic) bond motifs is 1. The molecule has 1 N–H and O–H groups in total. The minimum atomic E-state index is -3.13. The van der Waals surface area contributed by atoms with Crippen LogP contribution in [0.2, 0.25) is 0 Å². The summed E-state index contributed by atoms with van der Waals surface area (Å²) in [5, 5.41) is 2.92. The molecule has 0 unspecified atom stereocenters. The molecule has 0 saturated heterocycles. The summed E-state index contributed by atoms with van der Waals surface area (Å²) in [5.74, 6) is 1.02. The van der Waals surface area contributed by atoms with Gasteiger partial charge < -0.3 is 9.88 Å². The number of rotatable bonds is 6. The maximum Gasteiger partial charge on any atom is 0.221 e. The van der Waals surface area contributed by atoms with Crippen molar-refractivity contribution in [1.82, 2.24) is 14.9 Å². The van der Waals surface area contributed by atoms with E-state index in [4.69, 9.17) is 0 Å². The van der Waals surface area contributed by atoms with Crippen LogP contribution in [0.25, 0.3) is 0 Å². The lowest BCUT2D eigenvalue weighted by Crippen LogP contribution is -2.41. The lowest BCUT2D eigenvalue weighted by Gasteiger charge is -2.24. The molecule has 0 fully saturated rings. The largest absolute Gasteiger partial charge is 0.352 e. The second kappa shape index (κ2) is 6.60. The fraction of sp³-hybridized carbons (Fsp3) is 0.714. The summed E-state index contributed by atoms with van der Waals surface area (Å²) >= 11 is 0. The second-order valence-corrected chi connectivity index (χ2v) is 8.29. The van der Waals surface area contributed by atoms with E-state index in [1.54, 1.807) is 6.20 Å². The zero-order valence-corrected chi connectivity index (χ0v) is 13.4. The first kappa shape index (κ1) is 16.0. The van der Waals surface area contributed by atoms with Gasteiger partial charge in [0.1, 0.15) is 5.82 Å². The molecule has 7 heteroatoms. The van der Waals surface area contributed by atoms with Crippen molar-refractivity contribution < 1.29 is 13.2 Å². The normalized spacial score (nSPS) is 18.5. The van der Waals surface area contributed by atoms with Gasteiger partial charge in [-0.15, -0.1) is 0 Å². The Labute approximate surface area is 125 Å². The standard InChI is InChI=1S/C14H23N3O3S/c1-11(2)10-21(19,20)8-5-14(18)16-12-3-4-13-15-6-7-17(13)9-12/h6-7,11-12H,3-5,8-10H2,1-2H3,(H,16,18)/t12-/m0/s1. The molecule has 21 heavy (non-hydrogen) atoms. The maximum atomic E-state index is 11.9. The Morgan fingerprint density at radius 2 is 2.29 bits per heavy atom. The molecule has 1 aliphatic rings. The lowest BCUT2D eigenvalue weighted by atomic mass is 10.1. The predicted octanol–water partition coefficient (Wildman–Crippen LogP) is 0.775. The number of amides is 1. The Balaban J connectivity index is 1.78. The van der Waals surface area contributed by atoms with Crippen LogP contribution >= 0.6 is 0 Å². The Morgan fingerprint density at radius 1 is 1.52 bits per heavy atom. The maximum absolute atomic E-state index is 11.9. The molecule has 1 atom stereocenters. The summed E-state index contributed by atoms with van der Waals surface area (Å²) in [5.41, 5.74) is 0. The molecule has 0 saturated carbocycles. The SMILES string of the molecule is CC(C)CS(=O)(=O)CCC(=O)N[C@H]1CCc2nccn2C1. The lowest BCUT2D eigenvalue weighted by molar-refractivity contribution is -0.121. The van der Waals surface area contributed by atoms with E-state index in [-0.39, 0.29) is 35.8 Å². The number of sulfone groups is 1. The molecule has 0 bridgehead atoms. The van der Waals surface area contributed by atoms with Gasteiger partial charge in [-0.1, -0.05) is 13.8 Å². The van der Waals surface area contributed by atoms with Crippen LogP contribution in [0, 0.1) is 5.92 Å². The number of imidazole rings is 1. The van der Waals surface area contributed by atoms with E-state index >= 15 is 0 Å². The number of nitrogens with zero attached hydrogens (tertiary/aromatic N) is 2. The Hall–Kier alpha value is -1.37. The molecular weight excluding hydrogens is 290 g/mol. The summed E-state index contributed by atoms with van der Waals surface area (Å²) in [7, 11) is -3.13. The fourth-order valence-corrected chi connectivity index (χ4v) is 4.30. The monoisotopic (exact) mass is 313 g/mol. The van der Waals surface area contributed by atoms with Crippen LogP contribution < -0.4 is 5.32 Å². The van der Waals surface area contributed by atoms with Crippen molar-refractivity contribution in [2.75, 3.05) is 11.5 Å². The first-order valence-corrected chi connectivity index (χ1v) is 9.17. The van der Waals surface area contributed by atoms with Crippen LogP contribution in [0.5, 0.6) is 0 Å². The first-order valence-electron chi connectivity index (χ1n) is 7.35. The Morgan fingerprint density at radius 3 is 3.00 bits per heavy atom. The van der Waals surface area contributed by atoms with E-state index < -0.39 is 9.84 Å². The van der Waals surface area contributed by atoms with Gasteiger partial charge in [0, 0.05) is 37.8 Å². The third-order valence-corrected chi connectivity index (χ3v) is 5.53. The smallest absolute Gasteiger partial charge is 0.221 e. The number of hydrogen-bond donors (Lipinski definition) is 1. The molecule has 118 valence electrons. The van der Waals surface area contributed by atoms with Crippen molar-refractivity contribution in [3.8, 4) is 0 Å². The van der Waals surface area contributed by atoms with Crippen LogP contribution in [0.15, 0.2) is 12.4 Å². The fourth-order valence-electron chi connectivity index (χ4n) is 2.62. The Kier molecular flexibility index (Phi) is 5.03.